The normalized spacial score (nSPS) is 11.0. The lowest BCUT2D eigenvalue weighted by Gasteiger charge is -2.07. The average molecular weight is 342 g/mol. The number of rotatable bonds is 6. The maximum atomic E-state index is 14.1. The third kappa shape index (κ3) is 5.26. The van der Waals surface area contributed by atoms with Gasteiger partial charge in [-0.3, -0.25) is 4.79 Å². The van der Waals surface area contributed by atoms with Crippen molar-refractivity contribution in [2.45, 2.75) is 0 Å². The van der Waals surface area contributed by atoms with Crippen molar-refractivity contribution in [3.63, 3.8) is 0 Å². The first-order chi connectivity index (χ1) is 12.0. The van der Waals surface area contributed by atoms with Gasteiger partial charge >= 0.3 is 5.97 Å². The Morgan fingerprint density at radius 2 is 2.00 bits per heavy atom. The summed E-state index contributed by atoms with van der Waals surface area (Å²) in [5.74, 6) is 2.76. The Morgan fingerprint density at radius 1 is 1.20 bits per heavy atom. The fourth-order valence-corrected chi connectivity index (χ4v) is 1.94. The molecule has 1 amide bonds. The second-order valence-electron chi connectivity index (χ2n) is 4.84. The predicted molar refractivity (Wildman–Crippen MR) is 92.9 cm³/mol. The molecule has 0 aliphatic heterocycles. The molecule has 7 nitrogen and oxygen atoms in total. The number of nitrogens with two attached hydrogens (primary N) is 1. The van der Waals surface area contributed by atoms with Crippen LogP contribution < -0.4 is 16.6 Å². The maximum Gasteiger partial charge on any atom is 0.328 e. The number of hydrazine groups is 1. The number of aliphatic carboxylic acids is 1. The van der Waals surface area contributed by atoms with Gasteiger partial charge in [0.05, 0.1) is 11.4 Å². The van der Waals surface area contributed by atoms with E-state index < -0.39 is 17.7 Å². The highest BCUT2D eigenvalue weighted by Crippen LogP contribution is 2.19. The van der Waals surface area contributed by atoms with Gasteiger partial charge in [-0.25, -0.2) is 20.0 Å². The molecule has 0 spiro atoms. The van der Waals surface area contributed by atoms with E-state index in [4.69, 9.17) is 10.9 Å². The first kappa shape index (κ1) is 17.8. The van der Waals surface area contributed by atoms with Crippen molar-refractivity contribution in [1.82, 2.24) is 5.43 Å². The van der Waals surface area contributed by atoms with Crippen molar-refractivity contribution in [3.05, 3.63) is 65.5 Å². The Bertz CT molecular complexity index is 850. The molecule has 0 bridgehead atoms. The minimum absolute atomic E-state index is 0.0185. The Hall–Kier alpha value is -3.52. The smallest absolute Gasteiger partial charge is 0.328 e. The van der Waals surface area contributed by atoms with E-state index in [1.54, 1.807) is 18.2 Å². The molecule has 8 heteroatoms. The largest absolute Gasteiger partial charge is 0.478 e. The molecule has 2 aromatic carbocycles. The van der Waals surface area contributed by atoms with Crippen LogP contribution in [-0.4, -0.2) is 23.3 Å². The molecule has 0 aliphatic carbocycles. The minimum Gasteiger partial charge on any atom is -0.478 e. The molecule has 128 valence electrons. The Kier molecular flexibility index (Phi) is 5.97. The van der Waals surface area contributed by atoms with Crippen LogP contribution in [0.15, 0.2) is 53.5 Å². The molecule has 2 aromatic rings. The van der Waals surface area contributed by atoms with E-state index in [0.717, 1.165) is 12.1 Å². The van der Waals surface area contributed by atoms with E-state index >= 15 is 0 Å². The van der Waals surface area contributed by atoms with Crippen LogP contribution in [0.25, 0.3) is 6.08 Å². The van der Waals surface area contributed by atoms with Crippen LogP contribution in [0.1, 0.15) is 15.9 Å². The Morgan fingerprint density at radius 3 is 2.68 bits per heavy atom. The average Bonchev–Trinajstić information content (AvgIpc) is 2.60. The molecule has 0 saturated carbocycles. The fourth-order valence-electron chi connectivity index (χ4n) is 1.94. The van der Waals surface area contributed by atoms with Crippen molar-refractivity contribution in [2.24, 2.45) is 10.8 Å². The lowest BCUT2D eigenvalue weighted by molar-refractivity contribution is -0.131. The summed E-state index contributed by atoms with van der Waals surface area (Å²) in [6.45, 7) is 0. The molecule has 2 rings (SSSR count). The number of amides is 1. The number of carboxylic acids is 1. The van der Waals surface area contributed by atoms with E-state index in [-0.39, 0.29) is 5.69 Å². The summed E-state index contributed by atoms with van der Waals surface area (Å²) < 4.78 is 14.1. The number of carbonyl (C=O) groups excluding carboxylic acids is 1. The van der Waals surface area contributed by atoms with E-state index in [9.17, 15) is 14.0 Å². The van der Waals surface area contributed by atoms with Gasteiger partial charge in [-0.2, -0.15) is 0 Å². The molecule has 25 heavy (non-hydrogen) atoms. The number of benzene rings is 2. The highest BCUT2D eigenvalue weighted by Gasteiger charge is 2.10. The molecule has 0 heterocycles. The summed E-state index contributed by atoms with van der Waals surface area (Å²) in [4.78, 5) is 26.7. The van der Waals surface area contributed by atoms with Gasteiger partial charge in [0.1, 0.15) is 12.2 Å². The molecule has 0 fully saturated rings. The number of aliphatic imine (C=N–C) groups is 1. The molecule has 0 atom stereocenters. The lowest BCUT2D eigenvalue weighted by atomic mass is 10.1. The van der Waals surface area contributed by atoms with Gasteiger partial charge in [0.25, 0.3) is 5.91 Å². The molecule has 0 aromatic heterocycles. The van der Waals surface area contributed by atoms with Crippen LogP contribution in [0.4, 0.5) is 15.8 Å². The number of carbonyl (C=O) groups is 2. The van der Waals surface area contributed by atoms with Crippen LogP contribution in [0.5, 0.6) is 0 Å². The number of hydrogen-bond acceptors (Lipinski definition) is 4. The summed E-state index contributed by atoms with van der Waals surface area (Å²) in [7, 11) is 0. The zero-order valence-electron chi connectivity index (χ0n) is 12.9. The number of carboxylic acid groups (broad SMARTS) is 1. The van der Waals surface area contributed by atoms with Crippen LogP contribution in [0.3, 0.4) is 0 Å². The molecule has 5 N–H and O–H groups in total. The van der Waals surface area contributed by atoms with Gasteiger partial charge in [-0.15, -0.1) is 0 Å². The van der Waals surface area contributed by atoms with Crippen LogP contribution in [-0.2, 0) is 4.79 Å². The number of hydrogen-bond donors (Lipinski definition) is 4. The van der Waals surface area contributed by atoms with Crippen LogP contribution >= 0.6 is 0 Å². The van der Waals surface area contributed by atoms with Gasteiger partial charge in [0, 0.05) is 11.6 Å². The molecule has 0 saturated heterocycles. The van der Waals surface area contributed by atoms with Crippen LogP contribution in [0, 0.1) is 5.82 Å². The lowest BCUT2D eigenvalue weighted by Crippen LogP contribution is -2.18. The second-order valence-corrected chi connectivity index (χ2v) is 4.84. The van der Waals surface area contributed by atoms with Gasteiger partial charge in [-0.05, 0) is 42.0 Å². The molecule has 0 radical (unpaired) electrons. The highest BCUT2D eigenvalue weighted by atomic mass is 19.1. The summed E-state index contributed by atoms with van der Waals surface area (Å²) in [5.41, 5.74) is 3.39. The monoisotopic (exact) mass is 342 g/mol. The third-order valence-corrected chi connectivity index (χ3v) is 3.06. The summed E-state index contributed by atoms with van der Waals surface area (Å²) in [6.07, 6.45) is 3.42. The summed E-state index contributed by atoms with van der Waals surface area (Å²) in [5, 5.41) is 11.0. The zero-order chi connectivity index (χ0) is 18.2. The van der Waals surface area contributed by atoms with Gasteiger partial charge < -0.3 is 15.8 Å². The molecule has 0 unspecified atom stereocenters. The van der Waals surface area contributed by atoms with E-state index in [1.807, 2.05) is 0 Å². The molecular formula is C17H15FN4O3. The number of nitrogens with one attached hydrogen (secondary N) is 2. The SMILES string of the molecule is NNC=Nc1cccc(C(=O)Nc2ccc(C=CC(=O)O)cc2F)c1. The second kappa shape index (κ2) is 8.37. The first-order valence-corrected chi connectivity index (χ1v) is 7.10. The highest BCUT2D eigenvalue weighted by molar-refractivity contribution is 6.04. The predicted octanol–water partition coefficient (Wildman–Crippen LogP) is 2.30. The van der Waals surface area contributed by atoms with Gasteiger partial charge in [-0.1, -0.05) is 12.1 Å². The van der Waals surface area contributed by atoms with Crippen molar-refractivity contribution < 1.29 is 19.1 Å². The first-order valence-electron chi connectivity index (χ1n) is 7.10. The maximum absolute atomic E-state index is 14.1. The van der Waals surface area contributed by atoms with Crippen molar-refractivity contribution >= 4 is 35.7 Å². The molecular weight excluding hydrogens is 327 g/mol. The summed E-state index contributed by atoms with van der Waals surface area (Å²) >= 11 is 0. The van der Waals surface area contributed by atoms with Crippen molar-refractivity contribution in [2.75, 3.05) is 5.32 Å². The van der Waals surface area contributed by atoms with Crippen molar-refractivity contribution in [3.8, 4) is 0 Å². The van der Waals surface area contributed by atoms with E-state index in [2.05, 4.69) is 15.7 Å². The Balaban J connectivity index is 2.15. The van der Waals surface area contributed by atoms with Gasteiger partial charge in [0.15, 0.2) is 0 Å². The van der Waals surface area contributed by atoms with Crippen molar-refractivity contribution in [1.29, 1.82) is 0 Å². The fraction of sp³-hybridized carbons (Fsp3) is 0. The number of anilines is 1. The quantitative estimate of drug-likeness (QED) is 0.211. The van der Waals surface area contributed by atoms with E-state index in [1.165, 1.54) is 30.6 Å². The summed E-state index contributed by atoms with van der Waals surface area (Å²) in [6, 6.07) is 10.4. The number of nitrogens with zero attached hydrogens (tertiary/aromatic N) is 1. The Labute approximate surface area is 142 Å². The molecule has 0 aliphatic rings. The van der Waals surface area contributed by atoms with Gasteiger partial charge in [0.2, 0.25) is 0 Å². The number of halogens is 1. The standard InChI is InChI=1S/C17H15FN4O3/c18-14-8-11(5-7-16(23)24)4-6-15(14)22-17(25)12-2-1-3-13(9-12)20-10-21-19/h1-10H,19H2,(H,20,21)(H,22,25)(H,23,24). The third-order valence-electron chi connectivity index (χ3n) is 3.06. The minimum atomic E-state index is -1.13. The van der Waals surface area contributed by atoms with Crippen LogP contribution in [0.2, 0.25) is 0 Å². The van der Waals surface area contributed by atoms with E-state index in [0.29, 0.717) is 16.8 Å². The topological polar surface area (TPSA) is 117 Å². The zero-order valence-corrected chi connectivity index (χ0v) is 12.9.